The molecule has 0 spiro atoms. The molecule has 2 rings (SSSR count). The molecule has 5 N–H and O–H groups in total. The van der Waals surface area contributed by atoms with Crippen molar-refractivity contribution in [3.05, 3.63) is 59.7 Å². The Hall–Kier alpha value is -2.90. The largest absolute Gasteiger partial charge is 0.497 e. The zero-order valence-electron chi connectivity index (χ0n) is 13.9. The molecule has 0 bridgehead atoms. The van der Waals surface area contributed by atoms with E-state index >= 15 is 0 Å². The van der Waals surface area contributed by atoms with Gasteiger partial charge in [-0.15, -0.1) is 0 Å². The molecule has 7 heteroatoms. The summed E-state index contributed by atoms with van der Waals surface area (Å²) in [6.45, 7) is 0.517. The second kappa shape index (κ2) is 8.81. The summed E-state index contributed by atoms with van der Waals surface area (Å²) in [5.74, 6) is -0.717. The van der Waals surface area contributed by atoms with Gasteiger partial charge in [-0.3, -0.25) is 9.59 Å². The van der Waals surface area contributed by atoms with E-state index < -0.39 is 12.0 Å². The van der Waals surface area contributed by atoms with Crippen molar-refractivity contribution in [2.75, 3.05) is 19.0 Å². The first-order chi connectivity index (χ1) is 12.0. The molecular weight excluding hydrogens is 322 g/mol. The fourth-order valence-corrected chi connectivity index (χ4v) is 2.20. The Morgan fingerprint density at radius 2 is 1.96 bits per heavy atom. The quantitative estimate of drug-likeness (QED) is 0.577. The van der Waals surface area contributed by atoms with E-state index in [2.05, 4.69) is 10.6 Å². The predicted molar refractivity (Wildman–Crippen MR) is 94.7 cm³/mol. The molecule has 0 aromatic heterocycles. The molecule has 0 saturated heterocycles. The molecule has 132 valence electrons. The number of carboxylic acid groups (broad SMARTS) is 1. The molecule has 0 fully saturated rings. The lowest BCUT2D eigenvalue weighted by atomic mass is 10.1. The maximum absolute atomic E-state index is 12.4. The van der Waals surface area contributed by atoms with E-state index in [9.17, 15) is 9.59 Å². The third-order valence-electron chi connectivity index (χ3n) is 3.59. The van der Waals surface area contributed by atoms with Crippen LogP contribution >= 0.6 is 0 Å². The van der Waals surface area contributed by atoms with Crippen LogP contribution in [0.3, 0.4) is 0 Å². The Balaban J connectivity index is 2.04. The molecule has 0 aliphatic carbocycles. The number of ether oxygens (including phenoxy) is 1. The van der Waals surface area contributed by atoms with Gasteiger partial charge in [0.25, 0.3) is 5.91 Å². The summed E-state index contributed by atoms with van der Waals surface area (Å²) in [7, 11) is 1.54. The lowest BCUT2D eigenvalue weighted by Crippen LogP contribution is -2.40. The van der Waals surface area contributed by atoms with Crippen LogP contribution in [-0.4, -0.2) is 36.7 Å². The highest BCUT2D eigenvalue weighted by atomic mass is 16.5. The van der Waals surface area contributed by atoms with E-state index in [-0.39, 0.29) is 12.5 Å². The molecule has 7 nitrogen and oxygen atoms in total. The summed E-state index contributed by atoms with van der Waals surface area (Å²) in [5, 5.41) is 14.6. The number of benzene rings is 2. The smallest absolute Gasteiger partial charge is 0.321 e. The summed E-state index contributed by atoms with van der Waals surface area (Å²) in [6, 6.07) is 13.2. The second-order valence-electron chi connectivity index (χ2n) is 5.42. The summed E-state index contributed by atoms with van der Waals surface area (Å²) in [4.78, 5) is 23.2. The second-order valence-corrected chi connectivity index (χ2v) is 5.42. The van der Waals surface area contributed by atoms with Crippen LogP contribution in [0.4, 0.5) is 5.69 Å². The number of para-hydroxylation sites is 1. The number of carbonyl (C=O) groups is 2. The number of nitrogens with two attached hydrogens (primary N) is 1. The third kappa shape index (κ3) is 5.30. The Bertz CT molecular complexity index is 749. The number of hydrogen-bond acceptors (Lipinski definition) is 5. The fraction of sp³-hybridized carbons (Fsp3) is 0.222. The Kier molecular flexibility index (Phi) is 6.50. The highest BCUT2D eigenvalue weighted by molar-refractivity contribution is 6.04. The van der Waals surface area contributed by atoms with Gasteiger partial charge in [0.15, 0.2) is 0 Å². The Labute approximate surface area is 145 Å². The molecule has 0 saturated carbocycles. The molecule has 0 aliphatic heterocycles. The number of methoxy groups -OCH3 is 1. The van der Waals surface area contributed by atoms with E-state index in [1.165, 1.54) is 0 Å². The number of hydrogen-bond donors (Lipinski definition) is 4. The number of carbonyl (C=O) groups excluding carboxylic acids is 1. The van der Waals surface area contributed by atoms with Gasteiger partial charge in [0.1, 0.15) is 11.8 Å². The van der Waals surface area contributed by atoms with Gasteiger partial charge in [0, 0.05) is 24.3 Å². The van der Waals surface area contributed by atoms with Crippen LogP contribution in [0.15, 0.2) is 48.5 Å². The molecule has 0 aliphatic rings. The van der Waals surface area contributed by atoms with Crippen LogP contribution in [-0.2, 0) is 11.3 Å². The van der Waals surface area contributed by atoms with Crippen molar-refractivity contribution in [2.24, 2.45) is 5.73 Å². The van der Waals surface area contributed by atoms with E-state index in [0.29, 0.717) is 23.5 Å². The Morgan fingerprint density at radius 3 is 2.68 bits per heavy atom. The van der Waals surface area contributed by atoms with Crippen LogP contribution in [0, 0.1) is 0 Å². The summed E-state index contributed by atoms with van der Waals surface area (Å²) in [6.07, 6.45) is 0. The maximum atomic E-state index is 12.4. The minimum absolute atomic E-state index is 0.132. The molecule has 1 atom stereocenters. The molecule has 1 unspecified atom stereocenters. The highest BCUT2D eigenvalue weighted by Crippen LogP contribution is 2.18. The van der Waals surface area contributed by atoms with Crippen molar-refractivity contribution >= 4 is 17.6 Å². The van der Waals surface area contributed by atoms with Gasteiger partial charge in [-0.2, -0.15) is 0 Å². The number of nitrogens with one attached hydrogen (secondary N) is 2. The normalized spacial score (nSPS) is 11.6. The van der Waals surface area contributed by atoms with Gasteiger partial charge >= 0.3 is 5.97 Å². The molecule has 2 aromatic carbocycles. The third-order valence-corrected chi connectivity index (χ3v) is 3.59. The first-order valence-corrected chi connectivity index (χ1v) is 7.73. The average molecular weight is 343 g/mol. The number of aliphatic carboxylic acids is 1. The van der Waals surface area contributed by atoms with E-state index in [1.807, 2.05) is 18.2 Å². The van der Waals surface area contributed by atoms with Crippen LogP contribution in [0.1, 0.15) is 15.9 Å². The van der Waals surface area contributed by atoms with Gasteiger partial charge in [-0.1, -0.05) is 24.3 Å². The molecular formula is C18H21N3O4. The van der Waals surface area contributed by atoms with Crippen LogP contribution in [0.5, 0.6) is 5.75 Å². The zero-order chi connectivity index (χ0) is 18.2. The highest BCUT2D eigenvalue weighted by Gasteiger charge is 2.12. The topological polar surface area (TPSA) is 114 Å². The van der Waals surface area contributed by atoms with Crippen molar-refractivity contribution in [3.63, 3.8) is 0 Å². The van der Waals surface area contributed by atoms with Crippen molar-refractivity contribution < 1.29 is 19.4 Å². The van der Waals surface area contributed by atoms with Gasteiger partial charge in [-0.25, -0.2) is 0 Å². The number of anilines is 1. The van der Waals surface area contributed by atoms with Crippen molar-refractivity contribution in [2.45, 2.75) is 12.6 Å². The predicted octanol–water partition coefficient (Wildman–Crippen LogP) is 1.45. The van der Waals surface area contributed by atoms with Gasteiger partial charge in [0.2, 0.25) is 0 Å². The van der Waals surface area contributed by atoms with Crippen LogP contribution in [0.25, 0.3) is 0 Å². The lowest BCUT2D eigenvalue weighted by molar-refractivity contribution is -0.138. The van der Waals surface area contributed by atoms with Gasteiger partial charge < -0.3 is 26.2 Å². The number of amides is 1. The Morgan fingerprint density at radius 1 is 1.20 bits per heavy atom. The number of carboxylic acids is 1. The lowest BCUT2D eigenvalue weighted by Gasteiger charge is -2.13. The molecule has 25 heavy (non-hydrogen) atoms. The zero-order valence-corrected chi connectivity index (χ0v) is 13.9. The summed E-state index contributed by atoms with van der Waals surface area (Å²) >= 11 is 0. The van der Waals surface area contributed by atoms with Crippen LogP contribution in [0.2, 0.25) is 0 Å². The summed E-state index contributed by atoms with van der Waals surface area (Å²) in [5.41, 5.74) is 7.42. The molecule has 2 aromatic rings. The van der Waals surface area contributed by atoms with Crippen molar-refractivity contribution in [1.82, 2.24) is 5.32 Å². The maximum Gasteiger partial charge on any atom is 0.321 e. The van der Waals surface area contributed by atoms with E-state index in [4.69, 9.17) is 15.6 Å². The first kappa shape index (κ1) is 18.4. The fourth-order valence-electron chi connectivity index (χ4n) is 2.20. The van der Waals surface area contributed by atoms with Crippen LogP contribution < -0.4 is 21.1 Å². The number of rotatable bonds is 8. The van der Waals surface area contributed by atoms with E-state index in [0.717, 1.165) is 5.56 Å². The molecule has 0 radical (unpaired) electrons. The van der Waals surface area contributed by atoms with Crippen molar-refractivity contribution in [3.8, 4) is 5.75 Å². The monoisotopic (exact) mass is 343 g/mol. The van der Waals surface area contributed by atoms with E-state index in [1.54, 1.807) is 37.4 Å². The standard InChI is InChI=1S/C18H21N3O4/c1-25-14-7-4-6-12(9-14)17(22)21-16-8-3-2-5-13(16)10-20-11-15(19)18(23)24/h2-9,15,20H,10-11,19H2,1H3,(H,21,22)(H,23,24). The molecule has 1 amide bonds. The first-order valence-electron chi connectivity index (χ1n) is 7.73. The van der Waals surface area contributed by atoms with Gasteiger partial charge in [-0.05, 0) is 29.8 Å². The van der Waals surface area contributed by atoms with Crippen molar-refractivity contribution in [1.29, 1.82) is 0 Å². The minimum Gasteiger partial charge on any atom is -0.497 e. The minimum atomic E-state index is -1.06. The summed E-state index contributed by atoms with van der Waals surface area (Å²) < 4.78 is 5.12. The SMILES string of the molecule is COc1cccc(C(=O)Nc2ccccc2CNCC(N)C(=O)O)c1. The molecule has 0 heterocycles. The average Bonchev–Trinajstić information content (AvgIpc) is 2.62. The van der Waals surface area contributed by atoms with Gasteiger partial charge in [0.05, 0.1) is 7.11 Å².